The monoisotopic (exact) mass is 443 g/mol. The summed E-state index contributed by atoms with van der Waals surface area (Å²) in [6.45, 7) is 4.78. The first-order valence-corrected chi connectivity index (χ1v) is 10.2. The van der Waals surface area contributed by atoms with E-state index in [1.54, 1.807) is 0 Å². The molecule has 0 bridgehead atoms. The van der Waals surface area contributed by atoms with Crippen molar-refractivity contribution in [2.24, 2.45) is 0 Å². The highest BCUT2D eigenvalue weighted by atomic mass is 35.6. The Balaban J connectivity index is 1.73. The normalized spacial score (nSPS) is 15.2. The average Bonchev–Trinajstić information content (AvgIpc) is 2.68. The minimum Gasteiger partial charge on any atom is -0.368 e. The van der Waals surface area contributed by atoms with Gasteiger partial charge in [-0.2, -0.15) is 15.0 Å². The molecule has 0 amide bonds. The summed E-state index contributed by atoms with van der Waals surface area (Å²) in [5.74, 6) is 1.07. The van der Waals surface area contributed by atoms with E-state index in [0.717, 1.165) is 32.7 Å². The molecule has 3 rings (SSSR count). The third kappa shape index (κ3) is 5.73. The van der Waals surface area contributed by atoms with Crippen molar-refractivity contribution in [1.82, 2.24) is 19.9 Å². The number of halogens is 3. The number of para-hydroxylation sites is 1. The second-order valence-electron chi connectivity index (χ2n) is 6.82. The Morgan fingerprint density at radius 2 is 1.61 bits per heavy atom. The Kier molecular flexibility index (Phi) is 7.04. The molecule has 1 fully saturated rings. The first-order valence-electron chi connectivity index (χ1n) is 9.10. The molecule has 0 radical (unpaired) electrons. The van der Waals surface area contributed by atoms with Gasteiger partial charge >= 0.3 is 0 Å². The number of likely N-dealkylation sites (N-methyl/N-ethyl adjacent to an activating group) is 1. The number of hydrogen-bond donors (Lipinski definition) is 1. The highest BCUT2D eigenvalue weighted by Crippen LogP contribution is 2.36. The summed E-state index contributed by atoms with van der Waals surface area (Å²) in [5.41, 5.74) is 1.21. The highest BCUT2D eigenvalue weighted by Gasteiger charge is 2.30. The van der Waals surface area contributed by atoms with Gasteiger partial charge in [-0.1, -0.05) is 53.0 Å². The van der Waals surface area contributed by atoms with Crippen LogP contribution in [0.3, 0.4) is 0 Å². The first kappa shape index (κ1) is 21.2. The van der Waals surface area contributed by atoms with Gasteiger partial charge in [0, 0.05) is 45.0 Å². The number of benzene rings is 1. The van der Waals surface area contributed by atoms with Crippen LogP contribution in [0.15, 0.2) is 30.3 Å². The van der Waals surface area contributed by atoms with E-state index in [4.69, 9.17) is 34.8 Å². The molecule has 7 nitrogen and oxygen atoms in total. The predicted molar refractivity (Wildman–Crippen MR) is 117 cm³/mol. The van der Waals surface area contributed by atoms with Crippen molar-refractivity contribution >= 4 is 52.4 Å². The minimum absolute atomic E-state index is 0.125. The van der Waals surface area contributed by atoms with Gasteiger partial charge in [-0.15, -0.1) is 0 Å². The third-order valence-corrected chi connectivity index (χ3v) is 4.91. The summed E-state index contributed by atoms with van der Waals surface area (Å²) in [6.07, 6.45) is 0. The summed E-state index contributed by atoms with van der Waals surface area (Å²) in [4.78, 5) is 19.7. The number of piperazine rings is 1. The Hall–Kier alpha value is -1.54. The number of rotatable bonds is 6. The summed E-state index contributed by atoms with van der Waals surface area (Å²) >= 11 is 18.1. The molecule has 0 atom stereocenters. The van der Waals surface area contributed by atoms with E-state index in [-0.39, 0.29) is 5.82 Å². The second-order valence-corrected chi connectivity index (χ2v) is 9.10. The van der Waals surface area contributed by atoms with Gasteiger partial charge in [0.1, 0.15) is 0 Å². The van der Waals surface area contributed by atoms with Crippen molar-refractivity contribution in [3.05, 3.63) is 36.2 Å². The first-order chi connectivity index (χ1) is 13.3. The van der Waals surface area contributed by atoms with Crippen molar-refractivity contribution in [3.63, 3.8) is 0 Å². The van der Waals surface area contributed by atoms with Gasteiger partial charge in [0.05, 0.1) is 0 Å². The maximum Gasteiger partial charge on any atom is 0.250 e. The molecule has 2 aromatic rings. The van der Waals surface area contributed by atoms with E-state index in [1.165, 1.54) is 5.69 Å². The summed E-state index contributed by atoms with van der Waals surface area (Å²) in [7, 11) is 4.00. The van der Waals surface area contributed by atoms with Crippen LogP contribution in [0.4, 0.5) is 17.6 Å². The van der Waals surface area contributed by atoms with Crippen molar-refractivity contribution in [1.29, 1.82) is 0 Å². The molecule has 1 aliphatic rings. The minimum atomic E-state index is -1.71. The van der Waals surface area contributed by atoms with Gasteiger partial charge in [0.25, 0.3) is 0 Å². The summed E-state index contributed by atoms with van der Waals surface area (Å²) in [5, 5.41) is 3.19. The molecule has 0 saturated carbocycles. The van der Waals surface area contributed by atoms with E-state index >= 15 is 0 Å². The van der Waals surface area contributed by atoms with Crippen LogP contribution < -0.4 is 15.1 Å². The Morgan fingerprint density at radius 3 is 2.21 bits per heavy atom. The lowest BCUT2D eigenvalue weighted by molar-refractivity contribution is 0.425. The fraction of sp³-hybridized carbons (Fsp3) is 0.500. The van der Waals surface area contributed by atoms with E-state index < -0.39 is 3.79 Å². The van der Waals surface area contributed by atoms with Crippen molar-refractivity contribution in [3.8, 4) is 0 Å². The predicted octanol–water partition coefficient (Wildman–Crippen LogP) is 3.00. The van der Waals surface area contributed by atoms with Crippen molar-refractivity contribution in [2.45, 2.75) is 3.79 Å². The lowest BCUT2D eigenvalue weighted by Gasteiger charge is -2.36. The van der Waals surface area contributed by atoms with Gasteiger partial charge in [-0.3, -0.25) is 0 Å². The smallest absolute Gasteiger partial charge is 0.250 e. The third-order valence-electron chi connectivity index (χ3n) is 4.40. The zero-order chi connectivity index (χ0) is 20.1. The van der Waals surface area contributed by atoms with Crippen LogP contribution in [0.5, 0.6) is 0 Å². The molecule has 1 saturated heterocycles. The largest absolute Gasteiger partial charge is 0.368 e. The highest BCUT2D eigenvalue weighted by molar-refractivity contribution is 6.66. The van der Waals surface area contributed by atoms with Crippen LogP contribution in [0.25, 0.3) is 0 Å². The molecule has 1 aromatic heterocycles. The second kappa shape index (κ2) is 9.31. The molecule has 10 heteroatoms. The Bertz CT molecular complexity index is 760. The van der Waals surface area contributed by atoms with Crippen LogP contribution in [-0.2, 0) is 3.79 Å². The number of anilines is 3. The standard InChI is InChI=1S/C18H24Cl3N7/c1-26(2)9-8-22-16-23-15(18(19,20)21)24-17(25-16)28-12-10-27(11-13-28)14-6-4-3-5-7-14/h3-7H,8-13H2,1-2H3,(H,22,23,24,25). The van der Waals surface area contributed by atoms with Crippen LogP contribution >= 0.6 is 34.8 Å². The van der Waals surface area contributed by atoms with Gasteiger partial charge in [0.2, 0.25) is 15.7 Å². The number of nitrogens with one attached hydrogen (secondary N) is 1. The maximum absolute atomic E-state index is 6.04. The van der Waals surface area contributed by atoms with Gasteiger partial charge in [0.15, 0.2) is 5.82 Å². The maximum atomic E-state index is 6.04. The molecule has 1 N–H and O–H groups in total. The van der Waals surface area contributed by atoms with Crippen LogP contribution in [0.2, 0.25) is 0 Å². The average molecular weight is 445 g/mol. The number of nitrogens with zero attached hydrogens (tertiary/aromatic N) is 6. The Morgan fingerprint density at radius 1 is 0.964 bits per heavy atom. The van der Waals surface area contributed by atoms with Crippen LogP contribution in [-0.4, -0.2) is 73.2 Å². The lowest BCUT2D eigenvalue weighted by atomic mass is 10.2. The quantitative estimate of drug-likeness (QED) is 0.687. The van der Waals surface area contributed by atoms with E-state index in [9.17, 15) is 0 Å². The summed E-state index contributed by atoms with van der Waals surface area (Å²) in [6, 6.07) is 10.4. The van der Waals surface area contributed by atoms with E-state index in [0.29, 0.717) is 18.4 Å². The molecule has 0 spiro atoms. The lowest BCUT2D eigenvalue weighted by Crippen LogP contribution is -2.47. The van der Waals surface area contributed by atoms with Crippen molar-refractivity contribution in [2.75, 3.05) is 68.5 Å². The molecule has 1 aromatic carbocycles. The zero-order valence-electron chi connectivity index (χ0n) is 15.9. The fourth-order valence-electron chi connectivity index (χ4n) is 2.91. The number of alkyl halides is 3. The molecule has 0 aliphatic carbocycles. The number of aromatic nitrogens is 3. The number of hydrogen-bond acceptors (Lipinski definition) is 7. The Labute approximate surface area is 180 Å². The fourth-order valence-corrected chi connectivity index (χ4v) is 3.16. The van der Waals surface area contributed by atoms with Crippen LogP contribution in [0, 0.1) is 0 Å². The van der Waals surface area contributed by atoms with Gasteiger partial charge in [-0.25, -0.2) is 0 Å². The molecule has 2 heterocycles. The molecular weight excluding hydrogens is 421 g/mol. The molecule has 152 valence electrons. The molecular formula is C18H24Cl3N7. The molecule has 28 heavy (non-hydrogen) atoms. The topological polar surface area (TPSA) is 60.4 Å². The van der Waals surface area contributed by atoms with E-state index in [2.05, 4.69) is 47.1 Å². The van der Waals surface area contributed by atoms with Crippen LogP contribution in [0.1, 0.15) is 5.82 Å². The van der Waals surface area contributed by atoms with Crippen molar-refractivity contribution < 1.29 is 0 Å². The van der Waals surface area contributed by atoms with Gasteiger partial charge in [-0.05, 0) is 26.2 Å². The zero-order valence-corrected chi connectivity index (χ0v) is 18.2. The van der Waals surface area contributed by atoms with E-state index in [1.807, 2.05) is 32.3 Å². The summed E-state index contributed by atoms with van der Waals surface area (Å²) < 4.78 is -1.71. The molecule has 1 aliphatic heterocycles. The van der Waals surface area contributed by atoms with Gasteiger partial charge < -0.3 is 20.0 Å². The SMILES string of the molecule is CN(C)CCNc1nc(N2CCN(c3ccccc3)CC2)nc(C(Cl)(Cl)Cl)n1. The molecule has 0 unspecified atom stereocenters.